The van der Waals surface area contributed by atoms with E-state index in [4.69, 9.17) is 0 Å². The van der Waals surface area contributed by atoms with E-state index < -0.39 is 0 Å². The number of aromatic nitrogens is 3. The van der Waals surface area contributed by atoms with Crippen molar-refractivity contribution in [2.45, 2.75) is 25.0 Å². The summed E-state index contributed by atoms with van der Waals surface area (Å²) in [5.74, 6) is 1.07. The van der Waals surface area contributed by atoms with Gasteiger partial charge in [0.1, 0.15) is 0 Å². The largest absolute Gasteiger partial charge is 0.349 e. The molecule has 30 heavy (non-hydrogen) atoms. The third-order valence-electron chi connectivity index (χ3n) is 5.20. The SMILES string of the molecule is Cc1ccccc1-c1nnc(SCC(=O)NC(C)c2ccc3ccccc3c2)n1C. The molecule has 0 saturated carbocycles. The number of nitrogens with one attached hydrogen (secondary N) is 1. The molecule has 0 spiro atoms. The molecule has 5 nitrogen and oxygen atoms in total. The van der Waals surface area contributed by atoms with Crippen LogP contribution in [0.1, 0.15) is 24.1 Å². The van der Waals surface area contributed by atoms with E-state index in [9.17, 15) is 4.79 Å². The van der Waals surface area contributed by atoms with Crippen molar-refractivity contribution in [2.75, 3.05) is 5.75 Å². The van der Waals surface area contributed by atoms with E-state index >= 15 is 0 Å². The second kappa shape index (κ2) is 8.71. The van der Waals surface area contributed by atoms with Crippen LogP contribution in [0.5, 0.6) is 0 Å². The van der Waals surface area contributed by atoms with Gasteiger partial charge < -0.3 is 9.88 Å². The van der Waals surface area contributed by atoms with Gasteiger partial charge in [0, 0.05) is 12.6 Å². The molecule has 1 unspecified atom stereocenters. The summed E-state index contributed by atoms with van der Waals surface area (Å²) < 4.78 is 1.94. The summed E-state index contributed by atoms with van der Waals surface area (Å²) in [7, 11) is 1.93. The number of amides is 1. The maximum absolute atomic E-state index is 12.5. The van der Waals surface area contributed by atoms with Crippen LogP contribution >= 0.6 is 11.8 Å². The van der Waals surface area contributed by atoms with Gasteiger partial charge in [0.15, 0.2) is 11.0 Å². The minimum Gasteiger partial charge on any atom is -0.349 e. The first-order valence-corrected chi connectivity index (χ1v) is 10.9. The first-order chi connectivity index (χ1) is 14.5. The maximum atomic E-state index is 12.5. The number of carbonyl (C=O) groups is 1. The highest BCUT2D eigenvalue weighted by atomic mass is 32.2. The van der Waals surface area contributed by atoms with Crippen molar-refractivity contribution in [3.05, 3.63) is 77.9 Å². The normalized spacial score (nSPS) is 12.1. The molecule has 1 N–H and O–H groups in total. The minimum atomic E-state index is -0.0651. The molecular formula is C24H24N4OS. The lowest BCUT2D eigenvalue weighted by Gasteiger charge is -2.15. The average Bonchev–Trinajstić information content (AvgIpc) is 3.12. The van der Waals surface area contributed by atoms with E-state index in [-0.39, 0.29) is 17.7 Å². The van der Waals surface area contributed by atoms with E-state index in [1.54, 1.807) is 0 Å². The molecule has 0 saturated heterocycles. The monoisotopic (exact) mass is 416 g/mol. The highest BCUT2D eigenvalue weighted by Crippen LogP contribution is 2.25. The van der Waals surface area contributed by atoms with Crippen molar-refractivity contribution in [1.29, 1.82) is 0 Å². The van der Waals surface area contributed by atoms with Gasteiger partial charge in [-0.1, -0.05) is 72.4 Å². The third kappa shape index (κ3) is 4.24. The first kappa shape index (κ1) is 20.2. The van der Waals surface area contributed by atoms with Crippen molar-refractivity contribution in [3.63, 3.8) is 0 Å². The van der Waals surface area contributed by atoms with Gasteiger partial charge in [0.25, 0.3) is 0 Å². The van der Waals surface area contributed by atoms with Crippen molar-refractivity contribution < 1.29 is 4.79 Å². The third-order valence-corrected chi connectivity index (χ3v) is 6.22. The Morgan fingerprint density at radius 2 is 1.77 bits per heavy atom. The van der Waals surface area contributed by atoms with E-state index in [0.29, 0.717) is 0 Å². The predicted molar refractivity (Wildman–Crippen MR) is 122 cm³/mol. The van der Waals surface area contributed by atoms with Crippen LogP contribution in [0.25, 0.3) is 22.2 Å². The zero-order valence-electron chi connectivity index (χ0n) is 17.3. The molecule has 0 radical (unpaired) electrons. The Kier molecular flexibility index (Phi) is 5.86. The topological polar surface area (TPSA) is 59.8 Å². The van der Waals surface area contributed by atoms with Gasteiger partial charge in [0.05, 0.1) is 11.8 Å². The highest BCUT2D eigenvalue weighted by Gasteiger charge is 2.15. The molecule has 0 aliphatic rings. The van der Waals surface area contributed by atoms with Gasteiger partial charge in [-0.3, -0.25) is 4.79 Å². The van der Waals surface area contributed by atoms with E-state index in [1.807, 2.05) is 48.9 Å². The lowest BCUT2D eigenvalue weighted by molar-refractivity contribution is -0.119. The summed E-state index contributed by atoms with van der Waals surface area (Å²) >= 11 is 1.39. The summed E-state index contributed by atoms with van der Waals surface area (Å²) in [6.07, 6.45) is 0. The molecule has 6 heteroatoms. The van der Waals surface area contributed by atoms with E-state index in [2.05, 4.69) is 58.8 Å². The van der Waals surface area contributed by atoms with Gasteiger partial charge in [-0.05, 0) is 41.8 Å². The molecule has 0 aliphatic heterocycles. The number of benzene rings is 3. The predicted octanol–water partition coefficient (Wildman–Crippen LogP) is 4.91. The Balaban J connectivity index is 1.39. The van der Waals surface area contributed by atoms with Crippen molar-refractivity contribution in [2.24, 2.45) is 7.05 Å². The molecular weight excluding hydrogens is 392 g/mol. The minimum absolute atomic E-state index is 0.0268. The van der Waals surface area contributed by atoms with Crippen LogP contribution in [0.4, 0.5) is 0 Å². The molecule has 1 atom stereocenters. The summed E-state index contributed by atoms with van der Waals surface area (Å²) in [4.78, 5) is 12.5. The Morgan fingerprint density at radius 3 is 2.57 bits per heavy atom. The number of thioether (sulfide) groups is 1. The van der Waals surface area contributed by atoms with Crippen molar-refractivity contribution in [3.8, 4) is 11.4 Å². The standard InChI is InChI=1S/C24H24N4OS/c1-16-8-4-7-11-21(16)23-26-27-24(28(23)3)30-15-22(29)25-17(2)19-13-12-18-9-5-6-10-20(18)14-19/h4-14,17H,15H2,1-3H3,(H,25,29). The van der Waals surface area contributed by atoms with Crippen LogP contribution in [0.2, 0.25) is 0 Å². The Hall–Kier alpha value is -3.12. The summed E-state index contributed by atoms with van der Waals surface area (Å²) in [6, 6.07) is 22.5. The van der Waals surface area contributed by atoms with Gasteiger partial charge in [-0.15, -0.1) is 10.2 Å². The zero-order chi connectivity index (χ0) is 21.1. The number of fused-ring (bicyclic) bond motifs is 1. The number of hydrogen-bond acceptors (Lipinski definition) is 4. The molecule has 152 valence electrons. The Labute approximate surface area is 180 Å². The molecule has 1 amide bonds. The van der Waals surface area contributed by atoms with Gasteiger partial charge in [-0.2, -0.15) is 0 Å². The second-order valence-corrected chi connectivity index (χ2v) is 8.31. The Morgan fingerprint density at radius 1 is 1.03 bits per heavy atom. The molecule has 0 bridgehead atoms. The lowest BCUT2D eigenvalue weighted by atomic mass is 10.0. The smallest absolute Gasteiger partial charge is 0.230 e. The van der Waals surface area contributed by atoms with Crippen LogP contribution in [0.3, 0.4) is 0 Å². The number of nitrogens with zero attached hydrogens (tertiary/aromatic N) is 3. The van der Waals surface area contributed by atoms with Crippen LogP contribution in [-0.2, 0) is 11.8 Å². The number of carbonyl (C=O) groups excluding carboxylic acids is 1. The van der Waals surface area contributed by atoms with Crippen LogP contribution in [0.15, 0.2) is 71.9 Å². The molecule has 4 rings (SSSR count). The lowest BCUT2D eigenvalue weighted by Crippen LogP contribution is -2.28. The maximum Gasteiger partial charge on any atom is 0.230 e. The molecule has 1 aromatic heterocycles. The summed E-state index contributed by atoms with van der Waals surface area (Å²) in [5.41, 5.74) is 3.28. The fraction of sp³-hybridized carbons (Fsp3) is 0.208. The van der Waals surface area contributed by atoms with Crippen molar-refractivity contribution in [1.82, 2.24) is 20.1 Å². The molecule has 0 fully saturated rings. The number of hydrogen-bond donors (Lipinski definition) is 1. The van der Waals surface area contributed by atoms with E-state index in [0.717, 1.165) is 27.7 Å². The second-order valence-electron chi connectivity index (χ2n) is 7.36. The summed E-state index contributed by atoms with van der Waals surface area (Å²) in [6.45, 7) is 4.06. The van der Waals surface area contributed by atoms with Gasteiger partial charge in [-0.25, -0.2) is 0 Å². The molecule has 4 aromatic rings. The quantitative estimate of drug-likeness (QED) is 0.454. The molecule has 0 aliphatic carbocycles. The van der Waals surface area contributed by atoms with Gasteiger partial charge in [0.2, 0.25) is 5.91 Å². The zero-order valence-corrected chi connectivity index (χ0v) is 18.1. The average molecular weight is 417 g/mol. The fourth-order valence-corrected chi connectivity index (χ4v) is 4.19. The first-order valence-electron chi connectivity index (χ1n) is 9.89. The van der Waals surface area contributed by atoms with E-state index in [1.165, 1.54) is 22.5 Å². The number of rotatable bonds is 6. The van der Waals surface area contributed by atoms with Crippen LogP contribution < -0.4 is 5.32 Å². The highest BCUT2D eigenvalue weighted by molar-refractivity contribution is 7.99. The Bertz CT molecular complexity index is 1200. The van der Waals surface area contributed by atoms with Crippen LogP contribution in [-0.4, -0.2) is 26.4 Å². The molecule has 3 aromatic carbocycles. The summed E-state index contributed by atoms with van der Waals surface area (Å²) in [5, 5.41) is 14.8. The molecule has 1 heterocycles. The van der Waals surface area contributed by atoms with Crippen molar-refractivity contribution >= 4 is 28.4 Å². The van der Waals surface area contributed by atoms with Crippen LogP contribution in [0, 0.1) is 6.92 Å². The fourth-order valence-electron chi connectivity index (χ4n) is 3.47. The number of aryl methyl sites for hydroxylation is 1. The van der Waals surface area contributed by atoms with Gasteiger partial charge >= 0.3 is 0 Å².